The van der Waals surface area contributed by atoms with E-state index in [2.05, 4.69) is 10.6 Å². The summed E-state index contributed by atoms with van der Waals surface area (Å²) in [7, 11) is -9.37. The number of carbonyl (C=O) groups is 2. The van der Waals surface area contributed by atoms with Gasteiger partial charge in [0.25, 0.3) is 0 Å². The Kier molecular flexibility index (Phi) is 10.7. The van der Waals surface area contributed by atoms with Crippen molar-refractivity contribution in [3.8, 4) is 0 Å². The SMILES string of the molecule is O=C(NC[C@H]1CN(c2ccc(N3CCN(Cc4ccc([N+](=O)[O-])o4)CC3)c(F)c2)C(=O)O1)Nc1ccc(CC(O)([PH](=O)O)P(=O)(O)O)cc1. The molecule has 18 nitrogen and oxygen atoms in total. The first kappa shape index (κ1) is 35.9. The first-order valence-electron chi connectivity index (χ1n) is 14.8. The van der Waals surface area contributed by atoms with Gasteiger partial charge in [0.1, 0.15) is 22.6 Å². The van der Waals surface area contributed by atoms with Gasteiger partial charge in [-0.3, -0.25) is 29.0 Å². The number of hydrogen-bond donors (Lipinski definition) is 6. The Hall–Kier alpha value is -4.35. The number of aliphatic hydroxyl groups is 1. The maximum absolute atomic E-state index is 15.2. The summed E-state index contributed by atoms with van der Waals surface area (Å²) in [5.74, 6) is -0.393. The second kappa shape index (κ2) is 14.6. The third-order valence-electron chi connectivity index (χ3n) is 8.01. The van der Waals surface area contributed by atoms with Crippen LogP contribution in [-0.4, -0.2) is 92.2 Å². The van der Waals surface area contributed by atoms with Crippen LogP contribution in [0.1, 0.15) is 11.3 Å². The molecule has 5 rings (SSSR count). The van der Waals surface area contributed by atoms with Crippen molar-refractivity contribution in [1.29, 1.82) is 0 Å². The maximum Gasteiger partial charge on any atom is 0.433 e. The number of anilines is 3. The van der Waals surface area contributed by atoms with Crippen molar-refractivity contribution in [2.75, 3.05) is 54.4 Å². The Bertz CT molecular complexity index is 1780. The highest BCUT2D eigenvalue weighted by molar-refractivity contribution is 7.66. The van der Waals surface area contributed by atoms with Crippen LogP contribution in [-0.2, 0) is 26.8 Å². The summed E-state index contributed by atoms with van der Waals surface area (Å²) in [6.45, 7) is 2.47. The molecule has 6 N–H and O–H groups in total. The molecule has 2 aliphatic heterocycles. The van der Waals surface area contributed by atoms with Crippen LogP contribution < -0.4 is 20.4 Å². The predicted molar refractivity (Wildman–Crippen MR) is 172 cm³/mol. The van der Waals surface area contributed by atoms with Crippen LogP contribution >= 0.6 is 15.6 Å². The zero-order valence-corrected chi connectivity index (χ0v) is 27.5. The van der Waals surface area contributed by atoms with Crippen LogP contribution in [0.3, 0.4) is 0 Å². The number of ether oxygens (including phenoxy) is 1. The second-order valence-electron chi connectivity index (χ2n) is 11.4. The molecular formula is C28H33FN6O12P2. The van der Waals surface area contributed by atoms with Crippen LogP contribution in [0.25, 0.3) is 0 Å². The van der Waals surface area contributed by atoms with Gasteiger partial charge in [-0.15, -0.1) is 0 Å². The van der Waals surface area contributed by atoms with E-state index in [0.29, 0.717) is 44.2 Å². The molecule has 3 amide bonds. The lowest BCUT2D eigenvalue weighted by Gasteiger charge is -2.36. The number of nitrogens with one attached hydrogen (secondary N) is 2. The van der Waals surface area contributed by atoms with Crippen molar-refractivity contribution in [1.82, 2.24) is 10.2 Å². The van der Waals surface area contributed by atoms with E-state index in [0.717, 1.165) is 0 Å². The van der Waals surface area contributed by atoms with Crippen LogP contribution in [0.15, 0.2) is 59.0 Å². The van der Waals surface area contributed by atoms with Gasteiger partial charge in [-0.1, -0.05) is 12.1 Å². The molecule has 0 bridgehead atoms. The molecule has 3 heterocycles. The van der Waals surface area contributed by atoms with Gasteiger partial charge in [0.05, 0.1) is 37.1 Å². The lowest BCUT2D eigenvalue weighted by molar-refractivity contribution is -0.402. The molecule has 0 spiro atoms. The summed E-state index contributed by atoms with van der Waals surface area (Å²) in [6, 6.07) is 11.9. The molecule has 0 saturated carbocycles. The fourth-order valence-electron chi connectivity index (χ4n) is 5.35. The summed E-state index contributed by atoms with van der Waals surface area (Å²) >= 11 is 0. The highest BCUT2D eigenvalue weighted by Crippen LogP contribution is 2.61. The summed E-state index contributed by atoms with van der Waals surface area (Å²) in [4.78, 5) is 68.3. The summed E-state index contributed by atoms with van der Waals surface area (Å²) in [6.07, 6.45) is -2.27. The molecule has 3 aromatic rings. The van der Waals surface area contributed by atoms with Gasteiger partial charge in [0.2, 0.25) is 13.1 Å². The van der Waals surface area contributed by atoms with E-state index in [-0.39, 0.29) is 35.9 Å². The van der Waals surface area contributed by atoms with Crippen LogP contribution in [0.5, 0.6) is 0 Å². The van der Waals surface area contributed by atoms with E-state index in [4.69, 9.17) is 9.15 Å². The second-order valence-corrected chi connectivity index (χ2v) is 15.1. The molecule has 2 aromatic carbocycles. The summed E-state index contributed by atoms with van der Waals surface area (Å²) in [5, 5.41) is 22.9. The number of nitro groups is 1. The number of carbonyl (C=O) groups excluding carboxylic acids is 2. The largest absolute Gasteiger partial charge is 0.442 e. The van der Waals surface area contributed by atoms with Gasteiger partial charge < -0.3 is 44.5 Å². The zero-order valence-electron chi connectivity index (χ0n) is 25.6. The fraction of sp³-hybridized carbons (Fsp3) is 0.357. The number of piperazine rings is 1. The molecule has 1 aromatic heterocycles. The van der Waals surface area contributed by atoms with Crippen molar-refractivity contribution < 1.29 is 57.0 Å². The maximum atomic E-state index is 15.2. The number of urea groups is 1. The molecule has 49 heavy (non-hydrogen) atoms. The minimum atomic E-state index is -5.33. The predicted octanol–water partition coefficient (Wildman–Crippen LogP) is 2.63. The number of rotatable bonds is 12. The molecular weight excluding hydrogens is 693 g/mol. The van der Waals surface area contributed by atoms with Crippen molar-refractivity contribution in [2.24, 2.45) is 0 Å². The van der Waals surface area contributed by atoms with E-state index in [1.54, 1.807) is 18.2 Å². The number of amides is 3. The Morgan fingerprint density at radius 2 is 1.82 bits per heavy atom. The zero-order chi connectivity index (χ0) is 35.5. The normalized spacial score (nSPS) is 18.9. The number of furan rings is 1. The number of nitrogens with zero attached hydrogens (tertiary/aromatic N) is 4. The smallest absolute Gasteiger partial charge is 0.433 e. The quantitative estimate of drug-likeness (QED) is 0.0893. The first-order valence-corrected chi connectivity index (χ1v) is 17.7. The standard InChI is InChI=1S/C28H33FN6O12P2/c29-23-13-20(5-7-24(23)33-11-9-32(10-12-33)16-21-6-8-25(46-21)35(39)40)34-17-22(47-27(34)37)15-30-26(36)31-19-3-1-18(2-4-19)14-28(38,48(41)42)49(43,44)45/h1-8,13,22,38,48H,9-12,14-17H2,(H,41,42)(H2,30,31,36)(H2,43,44,45)/t22-,28?/m0/s1. The third-order valence-corrected chi connectivity index (χ3v) is 11.4. The van der Waals surface area contributed by atoms with Crippen molar-refractivity contribution >= 4 is 50.7 Å². The Balaban J connectivity index is 1.08. The number of cyclic esters (lactones) is 1. The topological polar surface area (TPSA) is 248 Å². The molecule has 2 unspecified atom stereocenters. The lowest BCUT2D eigenvalue weighted by atomic mass is 10.1. The van der Waals surface area contributed by atoms with E-state index < -0.39 is 56.1 Å². The molecule has 2 fully saturated rings. The van der Waals surface area contributed by atoms with E-state index in [1.807, 2.05) is 9.80 Å². The average Bonchev–Trinajstić information content (AvgIpc) is 3.67. The fourth-order valence-corrected chi connectivity index (χ4v) is 7.09. The van der Waals surface area contributed by atoms with Gasteiger partial charge in [-0.05, 0) is 42.0 Å². The molecule has 2 saturated heterocycles. The number of hydrogen-bond acceptors (Lipinski definition) is 11. The van der Waals surface area contributed by atoms with Crippen molar-refractivity contribution in [2.45, 2.75) is 24.2 Å². The third kappa shape index (κ3) is 8.45. The number of benzene rings is 2. The van der Waals surface area contributed by atoms with Gasteiger partial charge in [-0.25, -0.2) is 14.0 Å². The minimum Gasteiger partial charge on any atom is -0.442 e. The van der Waals surface area contributed by atoms with Crippen molar-refractivity contribution in [3.05, 3.63) is 81.9 Å². The highest BCUT2D eigenvalue weighted by Gasteiger charge is 2.50. The monoisotopic (exact) mass is 726 g/mol. The number of halogens is 1. The van der Waals surface area contributed by atoms with Gasteiger partial charge in [-0.2, -0.15) is 0 Å². The lowest BCUT2D eigenvalue weighted by Crippen LogP contribution is -2.46. The van der Waals surface area contributed by atoms with Crippen molar-refractivity contribution in [3.63, 3.8) is 0 Å². The minimum absolute atomic E-state index is 0.0344. The Morgan fingerprint density at radius 3 is 2.41 bits per heavy atom. The summed E-state index contributed by atoms with van der Waals surface area (Å²) in [5.41, 5.74) is 1.01. The van der Waals surface area contributed by atoms with E-state index in [9.17, 15) is 48.6 Å². The molecule has 2 aliphatic rings. The molecule has 0 radical (unpaired) electrons. The Morgan fingerprint density at radius 1 is 1.12 bits per heavy atom. The molecule has 264 valence electrons. The van der Waals surface area contributed by atoms with Crippen LogP contribution in [0, 0.1) is 15.9 Å². The van der Waals surface area contributed by atoms with E-state index >= 15 is 4.39 Å². The highest BCUT2D eigenvalue weighted by atomic mass is 31.2. The first-order chi connectivity index (χ1) is 23.1. The average molecular weight is 727 g/mol. The van der Waals surface area contributed by atoms with Crippen LogP contribution in [0.2, 0.25) is 0 Å². The molecule has 0 aliphatic carbocycles. The summed E-state index contributed by atoms with van der Waals surface area (Å²) < 4.78 is 48.8. The van der Waals surface area contributed by atoms with Gasteiger partial charge >= 0.3 is 25.6 Å². The molecule has 21 heteroatoms. The molecule has 3 atom stereocenters. The Labute approximate surface area is 278 Å². The van der Waals surface area contributed by atoms with Gasteiger partial charge in [0, 0.05) is 38.3 Å². The van der Waals surface area contributed by atoms with Crippen LogP contribution in [0.4, 0.5) is 36.9 Å². The van der Waals surface area contributed by atoms with Gasteiger partial charge in [0.15, 0.2) is 0 Å². The van der Waals surface area contributed by atoms with E-state index in [1.165, 1.54) is 41.3 Å².